The van der Waals surface area contributed by atoms with Gasteiger partial charge in [0.15, 0.2) is 0 Å². The first-order chi connectivity index (χ1) is 14.5. The first-order valence-electron chi connectivity index (χ1n) is 11.3. The van der Waals surface area contributed by atoms with Crippen molar-refractivity contribution in [3.05, 3.63) is 60.2 Å². The van der Waals surface area contributed by atoms with Crippen LogP contribution in [-0.4, -0.2) is 39.7 Å². The molecule has 0 saturated heterocycles. The van der Waals surface area contributed by atoms with Crippen LogP contribution in [0.25, 0.3) is 0 Å². The molecule has 0 aromatic heterocycles. The van der Waals surface area contributed by atoms with E-state index in [1.807, 2.05) is 24.3 Å². The summed E-state index contributed by atoms with van der Waals surface area (Å²) < 4.78 is 0. The molecule has 0 radical (unpaired) electrons. The van der Waals surface area contributed by atoms with Crippen LogP contribution in [0, 0.1) is 11.8 Å². The van der Waals surface area contributed by atoms with E-state index in [4.69, 9.17) is 10.7 Å². The Bertz CT molecular complexity index is 629. The Morgan fingerprint density at radius 3 is 2.60 bits per heavy atom. The van der Waals surface area contributed by atoms with Gasteiger partial charge < -0.3 is 20.2 Å². The number of unbranched alkanes of at least 4 members (excludes halogenated alkanes) is 1. The summed E-state index contributed by atoms with van der Waals surface area (Å²) in [6.07, 6.45) is 12.8. The summed E-state index contributed by atoms with van der Waals surface area (Å²) in [7, 11) is 0. The minimum Gasteiger partial charge on any atom is -0.393 e. The number of hydrogen-bond acceptors (Lipinski definition) is 5. The minimum absolute atomic E-state index is 0.0235. The molecule has 1 aliphatic rings. The Morgan fingerprint density at radius 2 is 1.90 bits per heavy atom. The van der Waals surface area contributed by atoms with Crippen molar-refractivity contribution in [1.82, 2.24) is 0 Å². The molecule has 0 amide bonds. The van der Waals surface area contributed by atoms with E-state index >= 15 is 0 Å². The fourth-order valence-corrected chi connectivity index (χ4v) is 4.22. The van der Waals surface area contributed by atoms with Crippen LogP contribution in [0.2, 0.25) is 0 Å². The van der Waals surface area contributed by atoms with Crippen molar-refractivity contribution in [3.63, 3.8) is 0 Å². The zero-order chi connectivity index (χ0) is 21.8. The predicted octanol–water partition coefficient (Wildman–Crippen LogP) is 3.68. The molecule has 0 bridgehead atoms. The van der Waals surface area contributed by atoms with Gasteiger partial charge in [0.2, 0.25) is 0 Å². The topological polar surface area (TPSA) is 95.9 Å². The Morgan fingerprint density at radius 1 is 1.13 bits per heavy atom. The highest BCUT2D eigenvalue weighted by molar-refractivity contribution is 5.15. The first-order valence-corrected chi connectivity index (χ1v) is 11.3. The largest absolute Gasteiger partial charge is 0.393 e. The van der Waals surface area contributed by atoms with Crippen LogP contribution in [0.4, 0.5) is 0 Å². The summed E-state index contributed by atoms with van der Waals surface area (Å²) in [6.45, 7) is 2.06. The molecular formula is C25H39NO4. The molecule has 1 aromatic carbocycles. The Balaban J connectivity index is 1.78. The molecule has 5 heteroatoms. The van der Waals surface area contributed by atoms with Crippen LogP contribution in [0.15, 0.2) is 54.6 Å². The summed E-state index contributed by atoms with van der Waals surface area (Å²) in [5.74, 6) is 5.10. The number of benzene rings is 1. The molecule has 6 atom stereocenters. The molecule has 30 heavy (non-hydrogen) atoms. The van der Waals surface area contributed by atoms with Gasteiger partial charge in [-0.2, -0.15) is 0 Å². The van der Waals surface area contributed by atoms with Gasteiger partial charge in [0.1, 0.15) is 0 Å². The van der Waals surface area contributed by atoms with Crippen molar-refractivity contribution in [2.24, 2.45) is 17.7 Å². The SMILES string of the molecule is CCC(CCC/C=C\C[C@@H]1[C@@H](/C=C/[C@@H](O)CCc2ccccc2)[C@H](O)C[C@@H]1O)ON. The number of rotatable bonds is 13. The maximum absolute atomic E-state index is 10.4. The van der Waals surface area contributed by atoms with E-state index < -0.39 is 18.3 Å². The second-order valence-electron chi connectivity index (χ2n) is 8.39. The van der Waals surface area contributed by atoms with Crippen molar-refractivity contribution in [3.8, 4) is 0 Å². The van der Waals surface area contributed by atoms with E-state index in [0.29, 0.717) is 12.8 Å². The molecular weight excluding hydrogens is 378 g/mol. The average Bonchev–Trinajstić information content (AvgIpc) is 3.03. The van der Waals surface area contributed by atoms with E-state index in [1.165, 1.54) is 5.56 Å². The molecule has 5 nitrogen and oxygen atoms in total. The van der Waals surface area contributed by atoms with Crippen LogP contribution in [-0.2, 0) is 11.3 Å². The highest BCUT2D eigenvalue weighted by Crippen LogP contribution is 2.36. The van der Waals surface area contributed by atoms with Gasteiger partial charge in [0.05, 0.1) is 24.4 Å². The Hall–Kier alpha value is -1.50. The normalized spacial score (nSPS) is 26.6. The second kappa shape index (κ2) is 13.7. The lowest BCUT2D eigenvalue weighted by atomic mass is 9.89. The average molecular weight is 418 g/mol. The molecule has 1 aromatic rings. The molecule has 1 fully saturated rings. The minimum atomic E-state index is -0.567. The highest BCUT2D eigenvalue weighted by Gasteiger charge is 2.39. The lowest BCUT2D eigenvalue weighted by Gasteiger charge is -2.19. The lowest BCUT2D eigenvalue weighted by Crippen LogP contribution is -2.20. The number of aliphatic hydroxyl groups is 3. The van der Waals surface area contributed by atoms with Gasteiger partial charge in [-0.1, -0.05) is 61.6 Å². The van der Waals surface area contributed by atoms with Crippen LogP contribution >= 0.6 is 0 Å². The molecule has 168 valence electrons. The monoisotopic (exact) mass is 417 g/mol. The van der Waals surface area contributed by atoms with Crippen molar-refractivity contribution < 1.29 is 20.2 Å². The summed E-state index contributed by atoms with van der Waals surface area (Å²) >= 11 is 0. The third kappa shape index (κ3) is 8.32. The van der Waals surface area contributed by atoms with Gasteiger partial charge in [-0.25, -0.2) is 5.90 Å². The molecule has 0 spiro atoms. The number of nitrogens with two attached hydrogens (primary N) is 1. The Labute approximate surface area is 181 Å². The van der Waals surface area contributed by atoms with Crippen LogP contribution in [0.5, 0.6) is 0 Å². The molecule has 5 N–H and O–H groups in total. The third-order valence-corrected chi connectivity index (χ3v) is 6.16. The number of hydrogen-bond donors (Lipinski definition) is 4. The van der Waals surface area contributed by atoms with Crippen molar-refractivity contribution in [2.45, 2.75) is 82.7 Å². The van der Waals surface area contributed by atoms with E-state index in [-0.39, 0.29) is 17.9 Å². The fourth-order valence-electron chi connectivity index (χ4n) is 4.22. The van der Waals surface area contributed by atoms with Gasteiger partial charge in [-0.3, -0.25) is 0 Å². The molecule has 2 rings (SSSR count). The van der Waals surface area contributed by atoms with Crippen molar-refractivity contribution >= 4 is 0 Å². The van der Waals surface area contributed by atoms with Crippen molar-refractivity contribution in [2.75, 3.05) is 0 Å². The van der Waals surface area contributed by atoms with Gasteiger partial charge in [-0.15, -0.1) is 0 Å². The van der Waals surface area contributed by atoms with Gasteiger partial charge in [0.25, 0.3) is 0 Å². The summed E-state index contributed by atoms with van der Waals surface area (Å²) in [5.41, 5.74) is 1.20. The molecule has 1 saturated carbocycles. The maximum Gasteiger partial charge on any atom is 0.0784 e. The lowest BCUT2D eigenvalue weighted by molar-refractivity contribution is 0.0436. The predicted molar refractivity (Wildman–Crippen MR) is 120 cm³/mol. The van der Waals surface area contributed by atoms with E-state index in [9.17, 15) is 15.3 Å². The summed E-state index contributed by atoms with van der Waals surface area (Å²) in [4.78, 5) is 4.90. The van der Waals surface area contributed by atoms with Gasteiger partial charge in [-0.05, 0) is 56.4 Å². The fraction of sp³-hybridized carbons (Fsp3) is 0.600. The number of allylic oxidation sites excluding steroid dienone is 2. The molecule has 0 heterocycles. The molecule has 1 unspecified atom stereocenters. The van der Waals surface area contributed by atoms with Crippen LogP contribution in [0.1, 0.15) is 57.4 Å². The van der Waals surface area contributed by atoms with Crippen molar-refractivity contribution in [1.29, 1.82) is 0 Å². The van der Waals surface area contributed by atoms with Gasteiger partial charge in [0, 0.05) is 12.3 Å². The smallest absolute Gasteiger partial charge is 0.0784 e. The van der Waals surface area contributed by atoms with E-state index in [2.05, 4.69) is 31.2 Å². The standard InChI is InChI=1S/C25H39NO4/c1-2-21(30-26)12-8-3-4-9-13-22-23(25(29)18-24(22)28)17-16-20(27)15-14-19-10-6-5-7-11-19/h4-7,9-11,16-17,20-25,27-29H,2-3,8,12-15,18,26H2,1H3/b9-4-,17-16+/t20-,21?,22+,23+,24-,25+/m0/s1. The van der Waals surface area contributed by atoms with Crippen LogP contribution in [0.3, 0.4) is 0 Å². The van der Waals surface area contributed by atoms with E-state index in [1.54, 1.807) is 6.08 Å². The maximum atomic E-state index is 10.4. The molecule has 0 aliphatic heterocycles. The van der Waals surface area contributed by atoms with Crippen LogP contribution < -0.4 is 5.90 Å². The zero-order valence-corrected chi connectivity index (χ0v) is 18.1. The first kappa shape index (κ1) is 24.8. The Kier molecular flexibility index (Phi) is 11.3. The highest BCUT2D eigenvalue weighted by atomic mass is 16.6. The second-order valence-corrected chi connectivity index (χ2v) is 8.39. The quantitative estimate of drug-likeness (QED) is 0.223. The summed E-state index contributed by atoms with van der Waals surface area (Å²) in [6, 6.07) is 10.1. The number of aryl methyl sites for hydroxylation is 1. The summed E-state index contributed by atoms with van der Waals surface area (Å²) in [5, 5.41) is 31.0. The number of aliphatic hydroxyl groups excluding tert-OH is 3. The zero-order valence-electron chi connectivity index (χ0n) is 18.1. The van der Waals surface area contributed by atoms with Gasteiger partial charge >= 0.3 is 0 Å². The molecule has 1 aliphatic carbocycles. The third-order valence-electron chi connectivity index (χ3n) is 6.16. The van der Waals surface area contributed by atoms with E-state index in [0.717, 1.165) is 38.5 Å².